The first-order valence-corrected chi connectivity index (χ1v) is 10.1. The van der Waals surface area contributed by atoms with Crippen molar-refractivity contribution in [2.45, 2.75) is 45.4 Å². The molecule has 0 bridgehead atoms. The number of rotatable bonds is 5. The van der Waals surface area contributed by atoms with Gasteiger partial charge in [-0.3, -0.25) is 4.99 Å². The van der Waals surface area contributed by atoms with Crippen LogP contribution in [0.5, 0.6) is 0 Å². The van der Waals surface area contributed by atoms with E-state index in [1.54, 1.807) is 0 Å². The summed E-state index contributed by atoms with van der Waals surface area (Å²) >= 11 is 0. The molecule has 0 aromatic carbocycles. The Morgan fingerprint density at radius 2 is 1.88 bits per heavy atom. The quantitative estimate of drug-likeness (QED) is 0.294. The zero-order chi connectivity index (χ0) is 16.8. The monoisotopic (exact) mass is 463 g/mol. The van der Waals surface area contributed by atoms with Gasteiger partial charge in [0.2, 0.25) is 0 Å². The molecule has 0 aromatic heterocycles. The third-order valence-electron chi connectivity index (χ3n) is 6.19. The lowest BCUT2D eigenvalue weighted by molar-refractivity contribution is 0.151. The van der Waals surface area contributed by atoms with Crippen molar-refractivity contribution in [1.29, 1.82) is 0 Å². The minimum Gasteiger partial charge on any atom is -0.357 e. The summed E-state index contributed by atoms with van der Waals surface area (Å²) in [6.07, 6.45) is 8.17. The van der Waals surface area contributed by atoms with E-state index in [2.05, 4.69) is 34.0 Å². The van der Waals surface area contributed by atoms with Crippen molar-refractivity contribution in [3.05, 3.63) is 0 Å². The van der Waals surface area contributed by atoms with Crippen molar-refractivity contribution in [2.24, 2.45) is 10.4 Å². The molecule has 2 aliphatic heterocycles. The van der Waals surface area contributed by atoms with Gasteiger partial charge in [0, 0.05) is 39.3 Å². The number of hydrogen-bond acceptors (Lipinski definition) is 3. The van der Waals surface area contributed by atoms with E-state index in [0.29, 0.717) is 5.41 Å². The minimum absolute atomic E-state index is 0. The fourth-order valence-corrected chi connectivity index (χ4v) is 4.43. The van der Waals surface area contributed by atoms with Crippen molar-refractivity contribution in [1.82, 2.24) is 20.0 Å². The summed E-state index contributed by atoms with van der Waals surface area (Å²) in [5.74, 6) is 1.16. The average molecular weight is 463 g/mol. The number of halogens is 1. The minimum atomic E-state index is 0. The molecule has 0 amide bonds. The molecule has 0 unspecified atom stereocenters. The number of likely N-dealkylation sites (N-methyl/N-ethyl adjacent to an activating group) is 1. The third-order valence-corrected chi connectivity index (χ3v) is 6.19. The Bertz CT molecular complexity index is 424. The highest BCUT2D eigenvalue weighted by molar-refractivity contribution is 14.0. The molecule has 0 aromatic rings. The van der Waals surface area contributed by atoms with Gasteiger partial charge in [-0.15, -0.1) is 24.0 Å². The van der Waals surface area contributed by atoms with Gasteiger partial charge in [0.15, 0.2) is 5.96 Å². The molecule has 1 N–H and O–H groups in total. The average Bonchev–Trinajstić information content (AvgIpc) is 2.91. The van der Waals surface area contributed by atoms with Crippen LogP contribution in [0.1, 0.15) is 45.4 Å². The van der Waals surface area contributed by atoms with Crippen LogP contribution in [-0.2, 0) is 0 Å². The van der Waals surface area contributed by atoms with Crippen molar-refractivity contribution in [3.8, 4) is 0 Å². The highest BCUT2D eigenvalue weighted by Crippen LogP contribution is 2.47. The van der Waals surface area contributed by atoms with Gasteiger partial charge in [-0.25, -0.2) is 0 Å². The van der Waals surface area contributed by atoms with Crippen molar-refractivity contribution in [3.63, 3.8) is 0 Å². The molecule has 3 aliphatic rings. The standard InChI is InChI=1S/C19H37N5.HI/c1-3-20-18(24-14-9-19(17-24)7-4-8-19)21-10-5-12-23-13-6-11-22(2)15-16-23;/h3-17H2,1-2H3,(H,20,21);1H. The molecule has 146 valence electrons. The van der Waals surface area contributed by atoms with Gasteiger partial charge in [-0.1, -0.05) is 6.42 Å². The summed E-state index contributed by atoms with van der Waals surface area (Å²) in [4.78, 5) is 12.5. The Balaban J connectivity index is 0.00000225. The fourth-order valence-electron chi connectivity index (χ4n) is 4.43. The maximum Gasteiger partial charge on any atom is 0.193 e. The molecular weight excluding hydrogens is 425 g/mol. The van der Waals surface area contributed by atoms with E-state index in [4.69, 9.17) is 4.99 Å². The molecular formula is C19H38IN5. The van der Waals surface area contributed by atoms with Gasteiger partial charge in [-0.05, 0) is 71.1 Å². The second kappa shape index (κ2) is 10.3. The van der Waals surface area contributed by atoms with Gasteiger partial charge in [0.05, 0.1) is 0 Å². The van der Waals surface area contributed by atoms with Crippen LogP contribution in [0.15, 0.2) is 4.99 Å². The Kier molecular flexibility index (Phi) is 8.75. The maximum atomic E-state index is 4.94. The van der Waals surface area contributed by atoms with Crippen LogP contribution in [0.4, 0.5) is 0 Å². The summed E-state index contributed by atoms with van der Waals surface area (Å²) in [5.41, 5.74) is 0.647. The van der Waals surface area contributed by atoms with Crippen LogP contribution in [0, 0.1) is 5.41 Å². The van der Waals surface area contributed by atoms with Crippen LogP contribution in [0.25, 0.3) is 0 Å². The highest BCUT2D eigenvalue weighted by Gasteiger charge is 2.43. The largest absolute Gasteiger partial charge is 0.357 e. The zero-order valence-electron chi connectivity index (χ0n) is 16.3. The zero-order valence-corrected chi connectivity index (χ0v) is 18.6. The van der Waals surface area contributed by atoms with E-state index in [1.165, 1.54) is 84.3 Å². The normalized spacial score (nSPS) is 24.7. The molecule has 6 heteroatoms. The first-order chi connectivity index (χ1) is 11.7. The molecule has 2 heterocycles. The Morgan fingerprint density at radius 3 is 2.56 bits per heavy atom. The van der Waals surface area contributed by atoms with Gasteiger partial charge < -0.3 is 20.0 Å². The SMILES string of the molecule is CCNC(=NCCCN1CCCN(C)CC1)N1CCC2(CCC2)C1.I. The smallest absolute Gasteiger partial charge is 0.193 e. The lowest BCUT2D eigenvalue weighted by atomic mass is 9.68. The summed E-state index contributed by atoms with van der Waals surface area (Å²) in [6.45, 7) is 12.7. The Labute approximate surface area is 171 Å². The predicted octanol–water partition coefficient (Wildman–Crippen LogP) is 2.47. The number of nitrogens with one attached hydrogen (secondary N) is 1. The summed E-state index contributed by atoms with van der Waals surface area (Å²) in [5, 5.41) is 3.52. The van der Waals surface area contributed by atoms with Gasteiger partial charge >= 0.3 is 0 Å². The van der Waals surface area contributed by atoms with Gasteiger partial charge in [0.1, 0.15) is 0 Å². The Hall–Kier alpha value is -0.0800. The van der Waals surface area contributed by atoms with Crippen LogP contribution in [0.3, 0.4) is 0 Å². The molecule has 3 rings (SSSR count). The van der Waals surface area contributed by atoms with Gasteiger partial charge in [-0.2, -0.15) is 0 Å². The van der Waals surface area contributed by atoms with E-state index >= 15 is 0 Å². The second-order valence-electron chi connectivity index (χ2n) is 8.11. The number of hydrogen-bond donors (Lipinski definition) is 1. The molecule has 0 radical (unpaired) electrons. The molecule has 1 aliphatic carbocycles. The lowest BCUT2D eigenvalue weighted by Gasteiger charge is -2.38. The van der Waals surface area contributed by atoms with Gasteiger partial charge in [0.25, 0.3) is 0 Å². The molecule has 5 nitrogen and oxygen atoms in total. The van der Waals surface area contributed by atoms with Crippen LogP contribution < -0.4 is 5.32 Å². The van der Waals surface area contributed by atoms with Crippen molar-refractivity contribution < 1.29 is 0 Å². The van der Waals surface area contributed by atoms with E-state index < -0.39 is 0 Å². The number of aliphatic imine (C=N–C) groups is 1. The van der Waals surface area contributed by atoms with Crippen LogP contribution in [0.2, 0.25) is 0 Å². The molecule has 3 fully saturated rings. The molecule has 25 heavy (non-hydrogen) atoms. The topological polar surface area (TPSA) is 34.1 Å². The second-order valence-corrected chi connectivity index (χ2v) is 8.11. The predicted molar refractivity (Wildman–Crippen MR) is 117 cm³/mol. The highest BCUT2D eigenvalue weighted by atomic mass is 127. The summed E-state index contributed by atoms with van der Waals surface area (Å²) in [6, 6.07) is 0. The molecule has 1 spiro atoms. The Morgan fingerprint density at radius 1 is 1.04 bits per heavy atom. The summed E-state index contributed by atoms with van der Waals surface area (Å²) < 4.78 is 0. The van der Waals surface area contributed by atoms with E-state index in [1.807, 2.05) is 0 Å². The molecule has 1 saturated carbocycles. The summed E-state index contributed by atoms with van der Waals surface area (Å²) in [7, 11) is 2.24. The lowest BCUT2D eigenvalue weighted by Crippen LogP contribution is -2.42. The third kappa shape index (κ3) is 5.96. The van der Waals surface area contributed by atoms with E-state index in [9.17, 15) is 0 Å². The first-order valence-electron chi connectivity index (χ1n) is 10.1. The van der Waals surface area contributed by atoms with Crippen molar-refractivity contribution in [2.75, 3.05) is 66.0 Å². The number of nitrogens with zero attached hydrogens (tertiary/aromatic N) is 4. The number of likely N-dealkylation sites (tertiary alicyclic amines) is 1. The van der Waals surface area contributed by atoms with Crippen molar-refractivity contribution >= 4 is 29.9 Å². The first kappa shape index (κ1) is 21.2. The maximum absolute atomic E-state index is 4.94. The molecule has 0 atom stereocenters. The van der Waals surface area contributed by atoms with E-state index in [-0.39, 0.29) is 24.0 Å². The number of guanidine groups is 1. The molecule has 2 saturated heterocycles. The van der Waals surface area contributed by atoms with E-state index in [0.717, 1.165) is 19.0 Å². The van der Waals surface area contributed by atoms with Crippen LogP contribution in [-0.4, -0.2) is 86.6 Å². The fraction of sp³-hybridized carbons (Fsp3) is 0.947. The van der Waals surface area contributed by atoms with Crippen LogP contribution >= 0.6 is 24.0 Å².